The number of aliphatic hydroxyl groups excluding tert-OH is 1. The number of nitrogens with one attached hydrogen (secondary N) is 1. The number of likely N-dealkylation sites (tertiary alicyclic amines) is 1. The van der Waals surface area contributed by atoms with Gasteiger partial charge in [-0.2, -0.15) is 5.26 Å². The summed E-state index contributed by atoms with van der Waals surface area (Å²) in [5.74, 6) is 0.233. The van der Waals surface area contributed by atoms with Crippen LogP contribution in [0.4, 0.5) is 0 Å². The molecule has 10 nitrogen and oxygen atoms in total. The van der Waals surface area contributed by atoms with Crippen molar-refractivity contribution < 1.29 is 19.4 Å². The predicted molar refractivity (Wildman–Crippen MR) is 161 cm³/mol. The number of allylic oxidation sites excluding steroid dienone is 4. The van der Waals surface area contributed by atoms with Crippen molar-refractivity contribution in [2.45, 2.75) is 25.4 Å². The van der Waals surface area contributed by atoms with Gasteiger partial charge in [0.25, 0.3) is 0 Å². The van der Waals surface area contributed by atoms with Gasteiger partial charge in [0.05, 0.1) is 24.5 Å². The first-order valence-corrected chi connectivity index (χ1v) is 14.3. The van der Waals surface area contributed by atoms with E-state index in [4.69, 9.17) is 14.6 Å². The lowest BCUT2D eigenvalue weighted by atomic mass is 10.0. The average Bonchev–Trinajstić information content (AvgIpc) is 3.48. The molecule has 2 N–H and O–H groups in total. The second-order valence-electron chi connectivity index (χ2n) is 10.3. The Kier molecular flexibility index (Phi) is 9.77. The SMILES string of the molecule is C=C/C(=C\C=C/CCN1CCOCC1)c1cc2c(-c3ccc(OC4CCN(C(=O)CO)CC4)c(C#N)c3)ncnc2[nH]1. The Balaban J connectivity index is 1.29. The van der Waals surface area contributed by atoms with E-state index in [0.717, 1.165) is 61.5 Å². The van der Waals surface area contributed by atoms with Gasteiger partial charge in [0, 0.05) is 62.2 Å². The van der Waals surface area contributed by atoms with Crippen LogP contribution in [0.15, 0.2) is 61.5 Å². The number of aromatic amines is 1. The average molecular weight is 569 g/mol. The molecule has 0 spiro atoms. The summed E-state index contributed by atoms with van der Waals surface area (Å²) < 4.78 is 11.6. The first kappa shape index (κ1) is 29.2. The fraction of sp³-hybridized carbons (Fsp3) is 0.375. The molecule has 0 radical (unpaired) electrons. The van der Waals surface area contributed by atoms with Crippen molar-refractivity contribution >= 4 is 22.5 Å². The molecule has 2 aliphatic rings. The Morgan fingerprint density at radius 2 is 2.02 bits per heavy atom. The summed E-state index contributed by atoms with van der Waals surface area (Å²) in [7, 11) is 0. The summed E-state index contributed by atoms with van der Waals surface area (Å²) in [6.07, 6.45) is 11.7. The zero-order chi connectivity index (χ0) is 29.3. The molecule has 2 aromatic heterocycles. The van der Waals surface area contributed by atoms with E-state index in [1.807, 2.05) is 24.3 Å². The van der Waals surface area contributed by atoms with Crippen LogP contribution < -0.4 is 4.74 Å². The number of piperidine rings is 1. The van der Waals surface area contributed by atoms with Gasteiger partial charge in [-0.3, -0.25) is 9.69 Å². The molecular weight excluding hydrogens is 532 g/mol. The number of hydrogen-bond acceptors (Lipinski definition) is 8. The molecule has 3 aromatic rings. The third-order valence-electron chi connectivity index (χ3n) is 7.68. The van der Waals surface area contributed by atoms with Gasteiger partial charge in [-0.15, -0.1) is 0 Å². The Bertz CT molecular complexity index is 1510. The maximum atomic E-state index is 11.7. The topological polar surface area (TPSA) is 128 Å². The molecule has 218 valence electrons. The van der Waals surface area contributed by atoms with E-state index in [1.165, 1.54) is 6.33 Å². The largest absolute Gasteiger partial charge is 0.489 e. The minimum atomic E-state index is -0.484. The Morgan fingerprint density at radius 3 is 2.76 bits per heavy atom. The third kappa shape index (κ3) is 6.94. The van der Waals surface area contributed by atoms with Crippen LogP contribution in [0.5, 0.6) is 5.75 Å². The maximum Gasteiger partial charge on any atom is 0.248 e. The summed E-state index contributed by atoms with van der Waals surface area (Å²) in [6, 6.07) is 9.75. The first-order valence-electron chi connectivity index (χ1n) is 14.3. The van der Waals surface area contributed by atoms with E-state index in [2.05, 4.69) is 44.7 Å². The van der Waals surface area contributed by atoms with E-state index in [1.54, 1.807) is 17.0 Å². The van der Waals surface area contributed by atoms with Crippen molar-refractivity contribution in [1.82, 2.24) is 24.8 Å². The van der Waals surface area contributed by atoms with Crippen molar-refractivity contribution in [2.75, 3.05) is 52.5 Å². The number of rotatable bonds is 10. The highest BCUT2D eigenvalue weighted by Crippen LogP contribution is 2.32. The van der Waals surface area contributed by atoms with Gasteiger partial charge in [-0.1, -0.05) is 30.9 Å². The molecule has 1 amide bonds. The van der Waals surface area contributed by atoms with Crippen LogP contribution >= 0.6 is 0 Å². The number of morpholine rings is 1. The minimum absolute atomic E-state index is 0.110. The molecule has 42 heavy (non-hydrogen) atoms. The van der Waals surface area contributed by atoms with Gasteiger partial charge in [0.1, 0.15) is 36.5 Å². The molecule has 4 heterocycles. The van der Waals surface area contributed by atoms with Gasteiger partial charge in [-0.25, -0.2) is 9.97 Å². The normalized spacial score (nSPS) is 17.0. The lowest BCUT2D eigenvalue weighted by Gasteiger charge is -2.32. The first-order chi connectivity index (χ1) is 20.6. The van der Waals surface area contributed by atoms with E-state index in [9.17, 15) is 10.1 Å². The summed E-state index contributed by atoms with van der Waals surface area (Å²) in [4.78, 5) is 28.1. The zero-order valence-corrected chi connectivity index (χ0v) is 23.7. The molecule has 0 saturated carbocycles. The number of fused-ring (bicyclic) bond motifs is 1. The van der Waals surface area contributed by atoms with Gasteiger partial charge in [-0.05, 0) is 36.3 Å². The van der Waals surface area contributed by atoms with Gasteiger partial charge in [0.15, 0.2) is 0 Å². The van der Waals surface area contributed by atoms with E-state index >= 15 is 0 Å². The highest BCUT2D eigenvalue weighted by atomic mass is 16.5. The number of hydrogen-bond donors (Lipinski definition) is 2. The van der Waals surface area contributed by atoms with Crippen LogP contribution in [0.1, 0.15) is 30.5 Å². The van der Waals surface area contributed by atoms with Crippen molar-refractivity contribution in [2.24, 2.45) is 0 Å². The number of carbonyl (C=O) groups is 1. The summed E-state index contributed by atoms with van der Waals surface area (Å²) in [5, 5.41) is 19.8. The second kappa shape index (κ2) is 14.0. The van der Waals surface area contributed by atoms with Crippen LogP contribution in [0, 0.1) is 11.3 Å². The number of H-pyrrole nitrogens is 1. The van der Waals surface area contributed by atoms with E-state index < -0.39 is 6.61 Å². The van der Waals surface area contributed by atoms with E-state index in [0.29, 0.717) is 48.6 Å². The van der Waals surface area contributed by atoms with Crippen molar-refractivity contribution in [3.8, 4) is 23.1 Å². The highest BCUT2D eigenvalue weighted by Gasteiger charge is 2.24. The Labute approximate surface area is 245 Å². The fourth-order valence-corrected chi connectivity index (χ4v) is 5.31. The second-order valence-corrected chi connectivity index (χ2v) is 10.3. The molecule has 2 aliphatic heterocycles. The van der Waals surface area contributed by atoms with Gasteiger partial charge in [0.2, 0.25) is 5.91 Å². The van der Waals surface area contributed by atoms with Crippen molar-refractivity contribution in [3.05, 3.63) is 72.7 Å². The number of nitriles is 1. The van der Waals surface area contributed by atoms with Crippen LogP contribution in [0.2, 0.25) is 0 Å². The molecule has 0 aliphatic carbocycles. The van der Waals surface area contributed by atoms with Crippen LogP contribution in [0.3, 0.4) is 0 Å². The van der Waals surface area contributed by atoms with Crippen LogP contribution in [-0.4, -0.2) is 94.4 Å². The molecular formula is C32H36N6O4. The molecule has 0 atom stereocenters. The Morgan fingerprint density at radius 1 is 1.21 bits per heavy atom. The third-order valence-corrected chi connectivity index (χ3v) is 7.68. The molecule has 0 unspecified atom stereocenters. The number of nitrogens with zero attached hydrogens (tertiary/aromatic N) is 5. The van der Waals surface area contributed by atoms with Gasteiger partial charge >= 0.3 is 0 Å². The van der Waals surface area contributed by atoms with Crippen molar-refractivity contribution in [1.29, 1.82) is 5.26 Å². The highest BCUT2D eigenvalue weighted by molar-refractivity contribution is 5.94. The van der Waals surface area contributed by atoms with E-state index in [-0.39, 0.29) is 12.0 Å². The summed E-state index contributed by atoms with van der Waals surface area (Å²) in [5.41, 5.74) is 4.43. The molecule has 5 rings (SSSR count). The summed E-state index contributed by atoms with van der Waals surface area (Å²) in [6.45, 7) is 9.15. The number of aromatic nitrogens is 3. The predicted octanol–water partition coefficient (Wildman–Crippen LogP) is 3.71. The number of amides is 1. The van der Waals surface area contributed by atoms with Gasteiger partial charge < -0.3 is 24.5 Å². The standard InChI is InChI=1S/C32H36N6O4/c1-2-23(6-4-3-5-11-37-14-16-41-17-15-37)28-19-27-31(34-22-35-32(27)36-28)24-7-8-29(25(18-24)20-33)42-26-9-12-38(13-10-26)30(40)21-39/h2-4,6-8,18-19,22,26,39H,1,5,9-17,21H2,(H,34,35,36)/b4-3-,23-6+. The molecule has 10 heteroatoms. The number of carbonyl (C=O) groups excluding carboxylic acids is 1. The minimum Gasteiger partial charge on any atom is -0.489 e. The van der Waals surface area contributed by atoms with Crippen LogP contribution in [-0.2, 0) is 9.53 Å². The lowest BCUT2D eigenvalue weighted by Crippen LogP contribution is -2.42. The monoisotopic (exact) mass is 568 g/mol. The smallest absolute Gasteiger partial charge is 0.248 e. The molecule has 2 saturated heterocycles. The zero-order valence-electron chi connectivity index (χ0n) is 23.7. The summed E-state index contributed by atoms with van der Waals surface area (Å²) >= 11 is 0. The number of ether oxygens (including phenoxy) is 2. The molecule has 1 aromatic carbocycles. The lowest BCUT2D eigenvalue weighted by molar-refractivity contribution is -0.135. The number of benzene rings is 1. The fourth-order valence-electron chi connectivity index (χ4n) is 5.31. The molecule has 2 fully saturated rings. The molecule has 0 bridgehead atoms. The quantitative estimate of drug-likeness (QED) is 0.355. The Hall–Kier alpha value is -4.30. The maximum absolute atomic E-state index is 11.7. The van der Waals surface area contributed by atoms with Crippen LogP contribution in [0.25, 0.3) is 27.9 Å². The number of aliphatic hydroxyl groups is 1. The van der Waals surface area contributed by atoms with Crippen molar-refractivity contribution in [3.63, 3.8) is 0 Å².